The van der Waals surface area contributed by atoms with Crippen LogP contribution >= 0.6 is 0 Å². The van der Waals surface area contributed by atoms with E-state index in [1.54, 1.807) is 0 Å². The van der Waals surface area contributed by atoms with Crippen molar-refractivity contribution in [2.45, 2.75) is 31.9 Å². The molecule has 0 bridgehead atoms. The van der Waals surface area contributed by atoms with Crippen molar-refractivity contribution in [3.05, 3.63) is 35.9 Å². The largest absolute Gasteiger partial charge is 0.480 e. The second kappa shape index (κ2) is 6.52. The van der Waals surface area contributed by atoms with Crippen molar-refractivity contribution in [1.29, 1.82) is 0 Å². The van der Waals surface area contributed by atoms with Gasteiger partial charge in [-0.3, -0.25) is 4.79 Å². The van der Waals surface area contributed by atoms with Crippen molar-refractivity contribution in [2.24, 2.45) is 5.92 Å². The van der Waals surface area contributed by atoms with Gasteiger partial charge in [0, 0.05) is 13.0 Å². The van der Waals surface area contributed by atoms with Gasteiger partial charge in [-0.15, -0.1) is 0 Å². The smallest absolute Gasteiger partial charge is 0.326 e. The maximum Gasteiger partial charge on any atom is 0.326 e. The first-order chi connectivity index (χ1) is 9.58. The van der Waals surface area contributed by atoms with E-state index in [2.05, 4.69) is 5.32 Å². The van der Waals surface area contributed by atoms with E-state index in [9.17, 15) is 14.7 Å². The molecule has 0 radical (unpaired) electrons. The fraction of sp³-hybridized carbons (Fsp3) is 0.467. The van der Waals surface area contributed by atoms with E-state index >= 15 is 0 Å². The molecule has 1 aromatic carbocycles. The second-order valence-corrected chi connectivity index (χ2v) is 5.15. The van der Waals surface area contributed by atoms with Crippen LogP contribution in [0.4, 0.5) is 0 Å². The summed E-state index contributed by atoms with van der Waals surface area (Å²) in [4.78, 5) is 23.3. The minimum Gasteiger partial charge on any atom is -0.480 e. The molecule has 20 heavy (non-hydrogen) atoms. The molecule has 0 aromatic heterocycles. The van der Waals surface area contributed by atoms with E-state index < -0.39 is 18.1 Å². The van der Waals surface area contributed by atoms with Crippen LogP contribution in [-0.4, -0.2) is 35.7 Å². The number of carboxylic acid groups (broad SMARTS) is 1. The molecule has 2 N–H and O–H groups in total. The zero-order chi connectivity index (χ0) is 14.5. The first-order valence-electron chi connectivity index (χ1n) is 6.76. The summed E-state index contributed by atoms with van der Waals surface area (Å²) in [7, 11) is 0. The lowest BCUT2D eigenvalue weighted by atomic mass is 10.0. The van der Waals surface area contributed by atoms with Gasteiger partial charge in [-0.05, 0) is 17.9 Å². The Labute approximate surface area is 117 Å². The van der Waals surface area contributed by atoms with Crippen molar-refractivity contribution >= 4 is 11.9 Å². The second-order valence-electron chi connectivity index (χ2n) is 5.15. The van der Waals surface area contributed by atoms with E-state index in [1.807, 2.05) is 37.3 Å². The average Bonchev–Trinajstić information content (AvgIpc) is 2.85. The Hall–Kier alpha value is -1.88. The maximum atomic E-state index is 12.1. The molecule has 1 saturated heterocycles. The number of carbonyl (C=O) groups excluding carboxylic acids is 1. The van der Waals surface area contributed by atoms with Gasteiger partial charge in [-0.1, -0.05) is 37.3 Å². The average molecular weight is 277 g/mol. The standard InChI is InChI=1S/C15H19NO4/c1-10-7-8-20-13(10)14(17)16-12(15(18)19)9-11-5-3-2-4-6-11/h2-6,10,12-13H,7-9H2,1H3,(H,16,17)(H,18,19)/t10?,12-,13?/m0/s1. The van der Waals surface area contributed by atoms with E-state index in [-0.39, 0.29) is 18.2 Å². The maximum absolute atomic E-state index is 12.1. The highest BCUT2D eigenvalue weighted by Crippen LogP contribution is 2.20. The molecule has 2 unspecified atom stereocenters. The molecule has 1 aliphatic heterocycles. The molecule has 1 fully saturated rings. The van der Waals surface area contributed by atoms with Gasteiger partial charge < -0.3 is 15.2 Å². The minimum absolute atomic E-state index is 0.126. The molecule has 1 heterocycles. The monoisotopic (exact) mass is 277 g/mol. The highest BCUT2D eigenvalue weighted by Gasteiger charge is 2.33. The molecule has 1 aromatic rings. The van der Waals surface area contributed by atoms with Gasteiger partial charge in [0.25, 0.3) is 0 Å². The Morgan fingerprint density at radius 1 is 1.40 bits per heavy atom. The van der Waals surface area contributed by atoms with Crippen molar-refractivity contribution in [2.75, 3.05) is 6.61 Å². The SMILES string of the molecule is CC1CCOC1C(=O)N[C@@H](Cc1ccccc1)C(=O)O. The molecule has 0 spiro atoms. The summed E-state index contributed by atoms with van der Waals surface area (Å²) >= 11 is 0. The van der Waals surface area contributed by atoms with Gasteiger partial charge in [0.1, 0.15) is 12.1 Å². The molecule has 5 heteroatoms. The van der Waals surface area contributed by atoms with Gasteiger partial charge in [0.2, 0.25) is 5.91 Å². The van der Waals surface area contributed by atoms with Gasteiger partial charge >= 0.3 is 5.97 Å². The highest BCUT2D eigenvalue weighted by molar-refractivity contribution is 5.86. The molecule has 5 nitrogen and oxygen atoms in total. The third kappa shape index (κ3) is 3.57. The Kier molecular flexibility index (Phi) is 4.74. The number of ether oxygens (including phenoxy) is 1. The number of carbonyl (C=O) groups is 2. The normalized spacial score (nSPS) is 23.2. The molecular formula is C15H19NO4. The summed E-state index contributed by atoms with van der Waals surface area (Å²) in [5, 5.41) is 11.8. The molecule has 1 amide bonds. The fourth-order valence-corrected chi connectivity index (χ4v) is 2.33. The summed E-state index contributed by atoms with van der Waals surface area (Å²) in [6, 6.07) is 8.32. The predicted octanol–water partition coefficient (Wildman–Crippen LogP) is 1.22. The van der Waals surface area contributed by atoms with Crippen molar-refractivity contribution < 1.29 is 19.4 Å². The van der Waals surface area contributed by atoms with Crippen LogP contribution in [0, 0.1) is 5.92 Å². The van der Waals surface area contributed by atoms with Crippen LogP contribution in [0.3, 0.4) is 0 Å². The third-order valence-corrected chi connectivity index (χ3v) is 3.54. The number of nitrogens with one attached hydrogen (secondary N) is 1. The summed E-state index contributed by atoms with van der Waals surface area (Å²) in [6.45, 7) is 2.49. The molecule has 1 aliphatic rings. The van der Waals surface area contributed by atoms with Crippen LogP contribution in [0.5, 0.6) is 0 Å². The highest BCUT2D eigenvalue weighted by atomic mass is 16.5. The number of rotatable bonds is 5. The Morgan fingerprint density at radius 2 is 2.10 bits per heavy atom. The molecule has 2 rings (SSSR count). The summed E-state index contributed by atoms with van der Waals surface area (Å²) in [5.41, 5.74) is 0.876. The molecular weight excluding hydrogens is 258 g/mol. The van der Waals surface area contributed by atoms with E-state index in [0.717, 1.165) is 12.0 Å². The van der Waals surface area contributed by atoms with Crippen LogP contribution in [0.25, 0.3) is 0 Å². The van der Waals surface area contributed by atoms with Crippen LogP contribution in [-0.2, 0) is 20.7 Å². The quantitative estimate of drug-likeness (QED) is 0.848. The van der Waals surface area contributed by atoms with Gasteiger partial charge in [0.15, 0.2) is 0 Å². The third-order valence-electron chi connectivity index (χ3n) is 3.54. The molecule has 0 saturated carbocycles. The van der Waals surface area contributed by atoms with E-state index in [1.165, 1.54) is 0 Å². The fourth-order valence-electron chi connectivity index (χ4n) is 2.33. The van der Waals surface area contributed by atoms with Crippen molar-refractivity contribution in [3.63, 3.8) is 0 Å². The summed E-state index contributed by atoms with van der Waals surface area (Å²) in [5.74, 6) is -1.24. The van der Waals surface area contributed by atoms with Crippen molar-refractivity contribution in [1.82, 2.24) is 5.32 Å². The summed E-state index contributed by atoms with van der Waals surface area (Å²) < 4.78 is 5.35. The van der Waals surface area contributed by atoms with Gasteiger partial charge in [0.05, 0.1) is 0 Å². The van der Waals surface area contributed by atoms with Gasteiger partial charge in [-0.25, -0.2) is 4.79 Å². The Bertz CT molecular complexity index is 474. The Morgan fingerprint density at radius 3 is 2.65 bits per heavy atom. The van der Waals surface area contributed by atoms with Crippen LogP contribution in [0.2, 0.25) is 0 Å². The number of amides is 1. The number of hydrogen-bond acceptors (Lipinski definition) is 3. The Balaban J connectivity index is 1.99. The van der Waals surface area contributed by atoms with Crippen LogP contribution in [0.15, 0.2) is 30.3 Å². The van der Waals surface area contributed by atoms with E-state index in [4.69, 9.17) is 4.74 Å². The number of aliphatic carboxylic acids is 1. The number of benzene rings is 1. The zero-order valence-corrected chi connectivity index (χ0v) is 11.4. The zero-order valence-electron chi connectivity index (χ0n) is 11.4. The lowest BCUT2D eigenvalue weighted by molar-refractivity contribution is -0.144. The van der Waals surface area contributed by atoms with E-state index in [0.29, 0.717) is 6.61 Å². The lowest BCUT2D eigenvalue weighted by Gasteiger charge is -2.19. The topological polar surface area (TPSA) is 75.6 Å². The number of carboxylic acids is 1. The predicted molar refractivity (Wildman–Crippen MR) is 73.2 cm³/mol. The lowest BCUT2D eigenvalue weighted by Crippen LogP contribution is -2.47. The first-order valence-corrected chi connectivity index (χ1v) is 6.76. The van der Waals surface area contributed by atoms with Crippen LogP contribution < -0.4 is 5.32 Å². The van der Waals surface area contributed by atoms with Crippen LogP contribution in [0.1, 0.15) is 18.9 Å². The molecule has 3 atom stereocenters. The minimum atomic E-state index is -1.03. The first kappa shape index (κ1) is 14.5. The molecule has 0 aliphatic carbocycles. The summed E-state index contributed by atoms with van der Waals surface area (Å²) in [6.07, 6.45) is 0.560. The van der Waals surface area contributed by atoms with Crippen molar-refractivity contribution in [3.8, 4) is 0 Å². The van der Waals surface area contributed by atoms with Gasteiger partial charge in [-0.2, -0.15) is 0 Å². The molecule has 108 valence electrons. The number of hydrogen-bond donors (Lipinski definition) is 2.